The zero-order chi connectivity index (χ0) is 22.0. The molecule has 8 heteroatoms. The lowest BCUT2D eigenvalue weighted by Gasteiger charge is -2.32. The highest BCUT2D eigenvalue weighted by molar-refractivity contribution is 5.97. The number of fused-ring (bicyclic) bond motifs is 1. The van der Waals surface area contributed by atoms with Crippen LogP contribution < -0.4 is 15.6 Å². The van der Waals surface area contributed by atoms with Crippen LogP contribution >= 0.6 is 0 Å². The second-order valence-electron chi connectivity index (χ2n) is 7.77. The van der Waals surface area contributed by atoms with Crippen LogP contribution in [-0.2, 0) is 7.05 Å². The van der Waals surface area contributed by atoms with Gasteiger partial charge in [-0.15, -0.1) is 0 Å². The quantitative estimate of drug-likeness (QED) is 0.680. The molecule has 31 heavy (non-hydrogen) atoms. The van der Waals surface area contributed by atoms with Gasteiger partial charge in [0.2, 0.25) is 0 Å². The number of amides is 2. The van der Waals surface area contributed by atoms with Gasteiger partial charge in [0, 0.05) is 38.3 Å². The van der Waals surface area contributed by atoms with E-state index in [1.807, 2.05) is 12.1 Å². The lowest BCUT2D eigenvalue weighted by atomic mass is 9.96. The Kier molecular flexibility index (Phi) is 5.79. The predicted octanol–water partition coefficient (Wildman–Crippen LogP) is 2.42. The summed E-state index contributed by atoms with van der Waals surface area (Å²) in [6.07, 6.45) is 3.15. The Morgan fingerprint density at radius 2 is 1.97 bits per heavy atom. The van der Waals surface area contributed by atoms with Crippen molar-refractivity contribution in [1.29, 1.82) is 0 Å². The highest BCUT2D eigenvalue weighted by Gasteiger charge is 2.26. The number of rotatable bonds is 5. The van der Waals surface area contributed by atoms with E-state index in [2.05, 4.69) is 5.32 Å². The number of ether oxygens (including phenoxy) is 1. The number of furan rings is 1. The zero-order valence-electron chi connectivity index (χ0n) is 17.6. The molecule has 0 radical (unpaired) electrons. The Balaban J connectivity index is 1.32. The molecule has 3 aromatic rings. The average Bonchev–Trinajstić information content (AvgIpc) is 3.24. The molecule has 1 aromatic carbocycles. The largest absolute Gasteiger partial charge is 0.493 e. The van der Waals surface area contributed by atoms with Gasteiger partial charge in [0.1, 0.15) is 5.56 Å². The standard InChI is InChI=1S/C23H25N3O5/c1-25-10-4-6-17(22(25)28)23(29)26-11-8-15(9-12-26)14-24-21(27)19-13-16-5-3-7-18(30-2)20(16)31-19/h3-7,10,13,15H,8-9,11-12,14H2,1-2H3,(H,24,27). The maximum atomic E-state index is 12.7. The van der Waals surface area contributed by atoms with Crippen molar-refractivity contribution in [2.45, 2.75) is 12.8 Å². The first kappa shape index (κ1) is 20.7. The minimum absolute atomic E-state index is 0.192. The molecule has 0 saturated carbocycles. The Hall–Kier alpha value is -3.55. The summed E-state index contributed by atoms with van der Waals surface area (Å²) < 4.78 is 12.4. The van der Waals surface area contributed by atoms with Crippen molar-refractivity contribution < 1.29 is 18.7 Å². The van der Waals surface area contributed by atoms with E-state index in [9.17, 15) is 14.4 Å². The number of nitrogens with one attached hydrogen (secondary N) is 1. The molecule has 0 aliphatic carbocycles. The average molecular weight is 423 g/mol. The fourth-order valence-electron chi connectivity index (χ4n) is 3.90. The topological polar surface area (TPSA) is 93.8 Å². The lowest BCUT2D eigenvalue weighted by Crippen LogP contribution is -2.43. The van der Waals surface area contributed by atoms with E-state index in [1.54, 1.807) is 49.5 Å². The van der Waals surface area contributed by atoms with Crippen LogP contribution in [0.5, 0.6) is 5.75 Å². The third-order valence-corrected chi connectivity index (χ3v) is 5.76. The summed E-state index contributed by atoms with van der Waals surface area (Å²) >= 11 is 0. The number of carbonyl (C=O) groups excluding carboxylic acids is 2. The number of hydrogen-bond donors (Lipinski definition) is 1. The fourth-order valence-corrected chi connectivity index (χ4v) is 3.90. The third kappa shape index (κ3) is 4.19. The maximum absolute atomic E-state index is 12.7. The number of para-hydroxylation sites is 1. The molecule has 0 unspecified atom stereocenters. The van der Waals surface area contributed by atoms with Gasteiger partial charge in [-0.05, 0) is 43.0 Å². The summed E-state index contributed by atoms with van der Waals surface area (Å²) in [5, 5.41) is 3.74. The number of hydrogen-bond acceptors (Lipinski definition) is 5. The molecule has 0 atom stereocenters. The van der Waals surface area contributed by atoms with Crippen molar-refractivity contribution in [1.82, 2.24) is 14.8 Å². The van der Waals surface area contributed by atoms with Crippen LogP contribution in [0.15, 0.2) is 51.8 Å². The molecule has 1 aliphatic rings. The Labute approximate surface area is 179 Å². The molecule has 2 amide bonds. The second kappa shape index (κ2) is 8.67. The van der Waals surface area contributed by atoms with Crippen molar-refractivity contribution >= 4 is 22.8 Å². The van der Waals surface area contributed by atoms with Crippen molar-refractivity contribution in [2.24, 2.45) is 13.0 Å². The van der Waals surface area contributed by atoms with E-state index in [0.29, 0.717) is 31.0 Å². The number of nitrogens with zero attached hydrogens (tertiary/aromatic N) is 2. The third-order valence-electron chi connectivity index (χ3n) is 5.76. The van der Waals surface area contributed by atoms with Crippen molar-refractivity contribution in [3.05, 3.63) is 64.3 Å². The van der Waals surface area contributed by atoms with Crippen molar-refractivity contribution in [3.8, 4) is 5.75 Å². The van der Waals surface area contributed by atoms with Gasteiger partial charge in [-0.25, -0.2) is 0 Å². The Morgan fingerprint density at radius 3 is 2.71 bits per heavy atom. The van der Waals surface area contributed by atoms with Crippen molar-refractivity contribution in [2.75, 3.05) is 26.7 Å². The van der Waals surface area contributed by atoms with Gasteiger partial charge < -0.3 is 23.9 Å². The number of pyridine rings is 1. The summed E-state index contributed by atoms with van der Waals surface area (Å²) in [7, 11) is 3.19. The molecule has 4 rings (SSSR count). The summed E-state index contributed by atoms with van der Waals surface area (Å²) in [6.45, 7) is 1.61. The van der Waals surface area contributed by atoms with Crippen molar-refractivity contribution in [3.63, 3.8) is 0 Å². The lowest BCUT2D eigenvalue weighted by molar-refractivity contribution is 0.0681. The van der Waals surface area contributed by atoms with Crippen LogP contribution in [0.1, 0.15) is 33.8 Å². The summed E-state index contributed by atoms with van der Waals surface area (Å²) in [6, 6.07) is 10.5. The van der Waals surface area contributed by atoms with E-state index in [0.717, 1.165) is 18.2 Å². The summed E-state index contributed by atoms with van der Waals surface area (Å²) in [5.74, 6) is 0.573. The van der Waals surface area contributed by atoms with Crippen LogP contribution in [0.3, 0.4) is 0 Å². The SMILES string of the molecule is COc1cccc2cc(C(=O)NCC3CCN(C(=O)c4cccn(C)c4=O)CC3)oc12. The molecule has 1 fully saturated rings. The molecule has 0 bridgehead atoms. The predicted molar refractivity (Wildman–Crippen MR) is 115 cm³/mol. The van der Waals surface area contributed by atoms with Crippen LogP contribution in [0.4, 0.5) is 0 Å². The van der Waals surface area contributed by atoms with Gasteiger partial charge in [0.15, 0.2) is 17.1 Å². The highest BCUT2D eigenvalue weighted by Crippen LogP contribution is 2.28. The van der Waals surface area contributed by atoms with Gasteiger partial charge in [0.05, 0.1) is 7.11 Å². The van der Waals surface area contributed by atoms with Crippen LogP contribution in [-0.4, -0.2) is 48.0 Å². The van der Waals surface area contributed by atoms with Gasteiger partial charge in [0.25, 0.3) is 17.4 Å². The number of likely N-dealkylation sites (tertiary alicyclic amines) is 1. The monoisotopic (exact) mass is 423 g/mol. The molecule has 162 valence electrons. The molecule has 0 spiro atoms. The summed E-state index contributed by atoms with van der Waals surface area (Å²) in [5.41, 5.74) is 0.454. The molecule has 1 N–H and O–H groups in total. The molecule has 8 nitrogen and oxygen atoms in total. The van der Waals surface area contributed by atoms with Gasteiger partial charge in [-0.2, -0.15) is 0 Å². The first-order chi connectivity index (χ1) is 15.0. The molecule has 3 heterocycles. The summed E-state index contributed by atoms with van der Waals surface area (Å²) in [4.78, 5) is 39.1. The molecule has 2 aromatic heterocycles. The molecular formula is C23H25N3O5. The fraction of sp³-hybridized carbons (Fsp3) is 0.348. The first-order valence-corrected chi connectivity index (χ1v) is 10.3. The normalized spacial score (nSPS) is 14.6. The van der Waals surface area contributed by atoms with Gasteiger partial charge in [-0.1, -0.05) is 12.1 Å². The molecule has 1 aliphatic heterocycles. The van der Waals surface area contributed by atoms with E-state index >= 15 is 0 Å². The molecule has 1 saturated heterocycles. The second-order valence-corrected chi connectivity index (χ2v) is 7.77. The van der Waals surface area contributed by atoms with E-state index < -0.39 is 0 Å². The smallest absolute Gasteiger partial charge is 0.287 e. The molecular weight excluding hydrogens is 398 g/mol. The number of benzene rings is 1. The first-order valence-electron chi connectivity index (χ1n) is 10.3. The minimum atomic E-state index is -0.288. The van der Waals surface area contributed by atoms with E-state index in [4.69, 9.17) is 9.15 Å². The Bertz CT molecular complexity index is 1170. The number of carbonyl (C=O) groups is 2. The number of aryl methyl sites for hydroxylation is 1. The minimum Gasteiger partial charge on any atom is -0.493 e. The number of methoxy groups -OCH3 is 1. The zero-order valence-corrected chi connectivity index (χ0v) is 17.6. The van der Waals surface area contributed by atoms with Crippen LogP contribution in [0, 0.1) is 5.92 Å². The number of piperidine rings is 1. The van der Waals surface area contributed by atoms with Gasteiger partial charge in [-0.3, -0.25) is 14.4 Å². The highest BCUT2D eigenvalue weighted by atomic mass is 16.5. The Morgan fingerprint density at radius 1 is 1.19 bits per heavy atom. The van der Waals surface area contributed by atoms with Crippen LogP contribution in [0.2, 0.25) is 0 Å². The van der Waals surface area contributed by atoms with Crippen LogP contribution in [0.25, 0.3) is 11.0 Å². The maximum Gasteiger partial charge on any atom is 0.287 e. The van der Waals surface area contributed by atoms with E-state index in [1.165, 1.54) is 4.57 Å². The van der Waals surface area contributed by atoms with Gasteiger partial charge >= 0.3 is 0 Å². The number of aromatic nitrogens is 1. The van der Waals surface area contributed by atoms with E-state index in [-0.39, 0.29) is 34.6 Å².